The van der Waals surface area contributed by atoms with Gasteiger partial charge in [0.05, 0.1) is 4.92 Å². The fourth-order valence-electron chi connectivity index (χ4n) is 1.36. The van der Waals surface area contributed by atoms with Gasteiger partial charge in [-0.3, -0.25) is 10.1 Å². The molecule has 0 radical (unpaired) electrons. The van der Waals surface area contributed by atoms with Crippen LogP contribution in [0.15, 0.2) is 18.2 Å². The van der Waals surface area contributed by atoms with E-state index in [1.54, 1.807) is 11.8 Å². The molecule has 1 rings (SSSR count). The van der Waals surface area contributed by atoms with Gasteiger partial charge in [-0.2, -0.15) is 11.8 Å². The molecule has 104 valence electrons. The molecule has 19 heavy (non-hydrogen) atoms. The first kappa shape index (κ1) is 15.3. The Bertz CT molecular complexity index is 503. The molecule has 0 aliphatic carbocycles. The van der Waals surface area contributed by atoms with E-state index in [0.717, 1.165) is 0 Å². The fraction of sp³-hybridized carbons (Fsp3) is 0.417. The van der Waals surface area contributed by atoms with E-state index in [9.17, 15) is 14.9 Å². The molecule has 0 spiro atoms. The largest absolute Gasteiger partial charge is 0.477 e. The molecule has 0 saturated heterocycles. The third-order valence-corrected chi connectivity index (χ3v) is 3.95. The van der Waals surface area contributed by atoms with Crippen LogP contribution in [0.4, 0.5) is 11.4 Å². The third-order valence-electron chi connectivity index (χ3n) is 2.70. The first-order valence-electron chi connectivity index (χ1n) is 5.57. The first-order valence-corrected chi connectivity index (χ1v) is 6.80. The Morgan fingerprint density at radius 3 is 2.63 bits per heavy atom. The molecule has 0 aliphatic heterocycles. The van der Waals surface area contributed by atoms with Crippen molar-refractivity contribution in [1.29, 1.82) is 0 Å². The van der Waals surface area contributed by atoms with Crippen LogP contribution in [0, 0.1) is 10.1 Å². The maximum absolute atomic E-state index is 10.9. The minimum absolute atomic E-state index is 0.0136. The van der Waals surface area contributed by atoms with Crippen molar-refractivity contribution in [1.82, 2.24) is 0 Å². The highest BCUT2D eigenvalue weighted by Crippen LogP contribution is 2.26. The van der Waals surface area contributed by atoms with Gasteiger partial charge in [-0.1, -0.05) is 0 Å². The van der Waals surface area contributed by atoms with Crippen molar-refractivity contribution in [2.45, 2.75) is 18.6 Å². The van der Waals surface area contributed by atoms with Crippen LogP contribution in [-0.4, -0.2) is 33.5 Å². The molecule has 7 heteroatoms. The zero-order valence-corrected chi connectivity index (χ0v) is 11.8. The van der Waals surface area contributed by atoms with Crippen molar-refractivity contribution in [3.05, 3.63) is 33.9 Å². The van der Waals surface area contributed by atoms with E-state index in [-0.39, 0.29) is 10.3 Å². The number of hydrogen-bond acceptors (Lipinski definition) is 5. The SMILES string of the molecule is CSC(C)(C)CNc1ccc(C(=O)O)c([N+](=O)[O-])c1. The van der Waals surface area contributed by atoms with Gasteiger partial charge in [-0.15, -0.1) is 0 Å². The highest BCUT2D eigenvalue weighted by Gasteiger charge is 2.21. The normalized spacial score (nSPS) is 11.1. The van der Waals surface area contributed by atoms with E-state index in [1.165, 1.54) is 18.2 Å². The second-order valence-electron chi connectivity index (χ2n) is 4.61. The zero-order valence-electron chi connectivity index (χ0n) is 11.0. The van der Waals surface area contributed by atoms with Gasteiger partial charge < -0.3 is 10.4 Å². The number of benzene rings is 1. The van der Waals surface area contributed by atoms with Crippen molar-refractivity contribution < 1.29 is 14.8 Å². The summed E-state index contributed by atoms with van der Waals surface area (Å²) in [6, 6.07) is 4.03. The zero-order chi connectivity index (χ0) is 14.6. The minimum atomic E-state index is -1.30. The summed E-state index contributed by atoms with van der Waals surface area (Å²) in [7, 11) is 0. The van der Waals surface area contributed by atoms with Gasteiger partial charge in [-0.05, 0) is 32.2 Å². The van der Waals surface area contributed by atoms with E-state index >= 15 is 0 Å². The van der Waals surface area contributed by atoms with Gasteiger partial charge >= 0.3 is 5.97 Å². The maximum atomic E-state index is 10.9. The summed E-state index contributed by atoms with van der Waals surface area (Å²) in [6.45, 7) is 4.72. The number of nitro benzene ring substituents is 1. The van der Waals surface area contributed by atoms with Crippen molar-refractivity contribution in [3.8, 4) is 0 Å². The fourth-order valence-corrected chi connectivity index (χ4v) is 1.58. The quantitative estimate of drug-likeness (QED) is 0.616. The summed E-state index contributed by atoms with van der Waals surface area (Å²) < 4.78 is -0.0136. The van der Waals surface area contributed by atoms with Crippen LogP contribution in [0.25, 0.3) is 0 Å². The molecule has 0 unspecified atom stereocenters. The summed E-state index contributed by atoms with van der Waals surface area (Å²) in [6.07, 6.45) is 1.98. The number of carboxylic acid groups (broad SMARTS) is 1. The molecule has 0 atom stereocenters. The molecule has 0 saturated carbocycles. The Morgan fingerprint density at radius 2 is 2.16 bits per heavy atom. The van der Waals surface area contributed by atoms with Gasteiger partial charge in [0, 0.05) is 23.0 Å². The van der Waals surface area contributed by atoms with Gasteiger partial charge in [0.25, 0.3) is 5.69 Å². The predicted octanol–water partition coefficient (Wildman–Crippen LogP) is 2.85. The Labute approximate surface area is 115 Å². The van der Waals surface area contributed by atoms with Gasteiger partial charge in [0.1, 0.15) is 5.56 Å². The number of nitrogens with one attached hydrogen (secondary N) is 1. The number of hydrogen-bond donors (Lipinski definition) is 2. The van der Waals surface area contributed by atoms with Crippen LogP contribution in [0.2, 0.25) is 0 Å². The number of nitrogens with zero attached hydrogens (tertiary/aromatic N) is 1. The molecule has 0 heterocycles. The molecular formula is C12H16N2O4S. The third kappa shape index (κ3) is 4.13. The van der Waals surface area contributed by atoms with E-state index < -0.39 is 16.6 Å². The minimum Gasteiger partial charge on any atom is -0.477 e. The second kappa shape index (κ2) is 5.92. The topological polar surface area (TPSA) is 92.5 Å². The lowest BCUT2D eigenvalue weighted by Crippen LogP contribution is -2.25. The van der Waals surface area contributed by atoms with Crippen LogP contribution in [0.3, 0.4) is 0 Å². The molecule has 2 N–H and O–H groups in total. The number of carboxylic acids is 1. The number of rotatable bonds is 6. The van der Waals surface area contributed by atoms with Crippen LogP contribution in [0.5, 0.6) is 0 Å². The Morgan fingerprint density at radius 1 is 1.53 bits per heavy atom. The Kier molecular flexibility index (Phi) is 4.77. The van der Waals surface area contributed by atoms with E-state index in [1.807, 2.05) is 20.1 Å². The maximum Gasteiger partial charge on any atom is 0.342 e. The number of anilines is 1. The smallest absolute Gasteiger partial charge is 0.342 e. The van der Waals surface area contributed by atoms with Gasteiger partial charge in [0.15, 0.2) is 0 Å². The van der Waals surface area contributed by atoms with E-state index in [4.69, 9.17) is 5.11 Å². The molecule has 0 aliphatic rings. The van der Waals surface area contributed by atoms with E-state index in [0.29, 0.717) is 12.2 Å². The van der Waals surface area contributed by atoms with Crippen molar-refractivity contribution in [3.63, 3.8) is 0 Å². The van der Waals surface area contributed by atoms with Crippen LogP contribution in [0.1, 0.15) is 24.2 Å². The van der Waals surface area contributed by atoms with E-state index in [2.05, 4.69) is 5.32 Å². The standard InChI is InChI=1S/C12H16N2O4S/c1-12(2,19-3)7-13-8-4-5-9(11(15)16)10(6-8)14(17)18/h4-6,13H,7H2,1-3H3,(H,15,16). The summed E-state index contributed by atoms with van der Waals surface area (Å²) in [5, 5.41) is 22.8. The van der Waals surface area contributed by atoms with Gasteiger partial charge in [0.2, 0.25) is 0 Å². The van der Waals surface area contributed by atoms with Crippen LogP contribution in [-0.2, 0) is 0 Å². The monoisotopic (exact) mass is 284 g/mol. The van der Waals surface area contributed by atoms with Crippen LogP contribution >= 0.6 is 11.8 Å². The summed E-state index contributed by atoms with van der Waals surface area (Å²) in [4.78, 5) is 21.0. The second-order valence-corrected chi connectivity index (χ2v) is 6.12. The molecule has 6 nitrogen and oxygen atoms in total. The van der Waals surface area contributed by atoms with Gasteiger partial charge in [-0.25, -0.2) is 4.79 Å². The molecule has 0 aromatic heterocycles. The van der Waals surface area contributed by atoms with Crippen molar-refractivity contribution in [2.75, 3.05) is 18.1 Å². The average Bonchev–Trinajstić information content (AvgIpc) is 2.36. The summed E-state index contributed by atoms with van der Waals surface area (Å²) in [5.74, 6) is -1.30. The summed E-state index contributed by atoms with van der Waals surface area (Å²) >= 11 is 1.67. The number of aromatic carboxylic acids is 1. The number of thioether (sulfide) groups is 1. The molecule has 1 aromatic carbocycles. The molecule has 1 aromatic rings. The van der Waals surface area contributed by atoms with Crippen molar-refractivity contribution in [2.24, 2.45) is 0 Å². The molecule has 0 amide bonds. The highest BCUT2D eigenvalue weighted by molar-refractivity contribution is 7.99. The van der Waals surface area contributed by atoms with Crippen molar-refractivity contribution >= 4 is 29.1 Å². The molecule has 0 fully saturated rings. The lowest BCUT2D eigenvalue weighted by molar-refractivity contribution is -0.385. The summed E-state index contributed by atoms with van der Waals surface area (Å²) in [5.41, 5.74) is -0.169. The first-order chi connectivity index (χ1) is 8.76. The Hall–Kier alpha value is -1.76. The Balaban J connectivity index is 2.97. The molecular weight excluding hydrogens is 268 g/mol. The molecule has 0 bridgehead atoms. The lowest BCUT2D eigenvalue weighted by Gasteiger charge is -2.22. The lowest BCUT2D eigenvalue weighted by atomic mass is 10.1. The van der Waals surface area contributed by atoms with Crippen LogP contribution < -0.4 is 5.32 Å². The average molecular weight is 284 g/mol. The highest BCUT2D eigenvalue weighted by atomic mass is 32.2. The predicted molar refractivity (Wildman–Crippen MR) is 76.1 cm³/mol. The number of carbonyl (C=O) groups is 1. The number of nitro groups is 1.